The molecule has 1 saturated heterocycles. The molecule has 1 unspecified atom stereocenters. The van der Waals surface area contributed by atoms with Crippen LogP contribution in [0.1, 0.15) is 31.2 Å². The van der Waals surface area contributed by atoms with Gasteiger partial charge in [-0.1, -0.05) is 11.8 Å². The lowest BCUT2D eigenvalue weighted by atomic mass is 10.2. The molecule has 0 N–H and O–H groups in total. The normalized spacial score (nSPS) is 17.7. The minimum absolute atomic E-state index is 0.0195. The van der Waals surface area contributed by atoms with Crippen molar-refractivity contribution in [2.45, 2.75) is 41.8 Å². The summed E-state index contributed by atoms with van der Waals surface area (Å²) in [6, 6.07) is 13.7. The topological polar surface area (TPSA) is 80.4 Å². The number of hydrogen-bond acceptors (Lipinski definition) is 7. The Bertz CT molecular complexity index is 1390. The highest BCUT2D eigenvalue weighted by Crippen LogP contribution is 2.37. The lowest BCUT2D eigenvalue weighted by Crippen LogP contribution is -2.24. The number of rotatable bonds is 5. The molecule has 1 fully saturated rings. The maximum atomic E-state index is 13.1. The molecule has 2 aromatic carbocycles. The van der Waals surface area contributed by atoms with Gasteiger partial charge in [0.15, 0.2) is 11.5 Å². The fraction of sp³-hybridized carbons (Fsp3) is 0.320. The van der Waals surface area contributed by atoms with E-state index in [0.717, 1.165) is 58.2 Å². The van der Waals surface area contributed by atoms with E-state index in [2.05, 4.69) is 10.2 Å². The van der Waals surface area contributed by atoms with E-state index in [0.29, 0.717) is 25.1 Å². The van der Waals surface area contributed by atoms with E-state index >= 15 is 0 Å². The van der Waals surface area contributed by atoms with E-state index in [1.54, 1.807) is 18.0 Å². The molecule has 4 heterocycles. The molecule has 0 aliphatic carbocycles. The van der Waals surface area contributed by atoms with Crippen molar-refractivity contribution in [1.29, 1.82) is 0 Å². The molecular formula is C25H24N4O4S. The second kappa shape index (κ2) is 9.15. The van der Waals surface area contributed by atoms with Crippen LogP contribution >= 0.6 is 11.8 Å². The zero-order chi connectivity index (χ0) is 22.9. The van der Waals surface area contributed by atoms with Crippen LogP contribution in [0.4, 0.5) is 0 Å². The third kappa shape index (κ3) is 4.28. The molecule has 2 aromatic heterocycles. The average Bonchev–Trinajstić information content (AvgIpc) is 3.35. The van der Waals surface area contributed by atoms with E-state index in [-0.39, 0.29) is 11.8 Å². The second-order valence-electron chi connectivity index (χ2n) is 8.37. The van der Waals surface area contributed by atoms with Gasteiger partial charge in [-0.3, -0.25) is 4.79 Å². The molecule has 0 radical (unpaired) electrons. The Hall–Kier alpha value is -3.30. The van der Waals surface area contributed by atoms with Crippen molar-refractivity contribution in [3.63, 3.8) is 0 Å². The molecule has 1 atom stereocenters. The van der Waals surface area contributed by atoms with Crippen LogP contribution in [0.3, 0.4) is 0 Å². The molecule has 0 bridgehead atoms. The summed E-state index contributed by atoms with van der Waals surface area (Å²) in [5, 5.41) is 10.5. The monoisotopic (exact) mass is 476 g/mol. The van der Waals surface area contributed by atoms with Crippen molar-refractivity contribution in [3.8, 4) is 11.5 Å². The Morgan fingerprint density at radius 3 is 2.71 bits per heavy atom. The summed E-state index contributed by atoms with van der Waals surface area (Å²) in [5.74, 6) is 1.54. The van der Waals surface area contributed by atoms with Crippen LogP contribution in [0, 0.1) is 0 Å². The first kappa shape index (κ1) is 21.2. The van der Waals surface area contributed by atoms with Gasteiger partial charge in [-0.25, -0.2) is 9.36 Å². The highest BCUT2D eigenvalue weighted by molar-refractivity contribution is 7.99. The average molecular weight is 477 g/mol. The number of nitrogens with zero attached hydrogens (tertiary/aromatic N) is 4. The minimum Gasteiger partial charge on any atom is -0.486 e. The fourth-order valence-corrected chi connectivity index (χ4v) is 5.17. The van der Waals surface area contributed by atoms with Gasteiger partial charge in [0, 0.05) is 28.0 Å². The van der Waals surface area contributed by atoms with Gasteiger partial charge in [-0.15, -0.1) is 0 Å². The van der Waals surface area contributed by atoms with Gasteiger partial charge in [0.1, 0.15) is 19.4 Å². The van der Waals surface area contributed by atoms with Crippen LogP contribution in [0.25, 0.3) is 10.8 Å². The molecule has 2 aliphatic rings. The Kier molecular flexibility index (Phi) is 5.72. The van der Waals surface area contributed by atoms with Gasteiger partial charge < -0.3 is 14.2 Å². The van der Waals surface area contributed by atoms with Gasteiger partial charge >= 0.3 is 0 Å². The van der Waals surface area contributed by atoms with E-state index in [1.807, 2.05) is 53.3 Å². The SMILES string of the molecule is O=c1c2ccc(Sc3ccc4c(c3)OCCO4)cc2cnn1Cc1ccn(C2CCCCO2)n1. The van der Waals surface area contributed by atoms with E-state index in [9.17, 15) is 4.79 Å². The standard InChI is InChI=1S/C25H24N4O4S/c30-25-21-6-4-19(34-20-5-7-22-23(14-20)32-12-11-31-22)13-17(21)15-26-29(25)16-18-8-9-28(27-18)24-3-1-2-10-33-24/h4-9,13-15,24H,1-3,10-12,16H2. The third-order valence-electron chi connectivity index (χ3n) is 6.00. The van der Waals surface area contributed by atoms with E-state index < -0.39 is 0 Å². The summed E-state index contributed by atoms with van der Waals surface area (Å²) in [4.78, 5) is 15.1. The Morgan fingerprint density at radius 1 is 0.971 bits per heavy atom. The lowest BCUT2D eigenvalue weighted by molar-refractivity contribution is -0.0397. The van der Waals surface area contributed by atoms with Gasteiger partial charge in [0.05, 0.1) is 23.8 Å². The van der Waals surface area contributed by atoms with Gasteiger partial charge in [0.25, 0.3) is 5.56 Å². The predicted molar refractivity (Wildman–Crippen MR) is 128 cm³/mol. The molecule has 34 heavy (non-hydrogen) atoms. The first-order chi connectivity index (χ1) is 16.7. The second-order valence-corrected chi connectivity index (χ2v) is 9.52. The number of hydrogen-bond donors (Lipinski definition) is 0. The highest BCUT2D eigenvalue weighted by atomic mass is 32.2. The third-order valence-corrected chi connectivity index (χ3v) is 6.98. The van der Waals surface area contributed by atoms with Crippen molar-refractivity contribution in [2.75, 3.05) is 19.8 Å². The van der Waals surface area contributed by atoms with Crippen molar-refractivity contribution >= 4 is 22.5 Å². The van der Waals surface area contributed by atoms with Crippen LogP contribution in [0.15, 0.2) is 69.4 Å². The first-order valence-corrected chi connectivity index (χ1v) is 12.3. The number of benzene rings is 2. The summed E-state index contributed by atoms with van der Waals surface area (Å²) in [7, 11) is 0. The number of aromatic nitrogens is 4. The smallest absolute Gasteiger partial charge is 0.274 e. The van der Waals surface area contributed by atoms with Gasteiger partial charge in [0.2, 0.25) is 0 Å². The molecule has 4 aromatic rings. The summed E-state index contributed by atoms with van der Waals surface area (Å²) in [5.41, 5.74) is 0.658. The molecular weight excluding hydrogens is 452 g/mol. The fourth-order valence-electron chi connectivity index (χ4n) is 4.27. The van der Waals surface area contributed by atoms with Crippen molar-refractivity contribution < 1.29 is 14.2 Å². The maximum Gasteiger partial charge on any atom is 0.274 e. The zero-order valence-electron chi connectivity index (χ0n) is 18.6. The molecule has 0 spiro atoms. The van der Waals surface area contributed by atoms with E-state index in [1.165, 1.54) is 4.68 Å². The number of ether oxygens (including phenoxy) is 3. The maximum absolute atomic E-state index is 13.1. The molecule has 174 valence electrons. The van der Waals surface area contributed by atoms with Crippen LogP contribution in [0.2, 0.25) is 0 Å². The zero-order valence-corrected chi connectivity index (χ0v) is 19.4. The summed E-state index contributed by atoms with van der Waals surface area (Å²) in [6.07, 6.45) is 6.83. The van der Waals surface area contributed by atoms with Crippen LogP contribution in [-0.4, -0.2) is 39.4 Å². The Labute approximate surface area is 200 Å². The lowest BCUT2D eigenvalue weighted by Gasteiger charge is -2.22. The molecule has 0 amide bonds. The van der Waals surface area contributed by atoms with E-state index in [4.69, 9.17) is 14.2 Å². The Morgan fingerprint density at radius 2 is 1.82 bits per heavy atom. The van der Waals surface area contributed by atoms with Crippen LogP contribution < -0.4 is 15.0 Å². The van der Waals surface area contributed by atoms with Crippen LogP contribution in [-0.2, 0) is 11.3 Å². The Balaban J connectivity index is 1.20. The summed E-state index contributed by atoms with van der Waals surface area (Å²) >= 11 is 1.61. The molecule has 6 rings (SSSR count). The molecule has 2 aliphatic heterocycles. The van der Waals surface area contributed by atoms with Crippen LogP contribution in [0.5, 0.6) is 11.5 Å². The number of fused-ring (bicyclic) bond motifs is 2. The molecule has 0 saturated carbocycles. The van der Waals surface area contributed by atoms with Crippen molar-refractivity contribution in [3.05, 3.63) is 70.9 Å². The first-order valence-electron chi connectivity index (χ1n) is 11.5. The quantitative estimate of drug-likeness (QED) is 0.426. The molecule has 9 heteroatoms. The largest absolute Gasteiger partial charge is 0.486 e. The van der Waals surface area contributed by atoms with Gasteiger partial charge in [-0.2, -0.15) is 10.2 Å². The molecule has 8 nitrogen and oxygen atoms in total. The highest BCUT2D eigenvalue weighted by Gasteiger charge is 2.17. The van der Waals surface area contributed by atoms with Gasteiger partial charge in [-0.05, 0) is 61.7 Å². The van der Waals surface area contributed by atoms with Crippen molar-refractivity contribution in [1.82, 2.24) is 19.6 Å². The summed E-state index contributed by atoms with van der Waals surface area (Å²) < 4.78 is 20.4. The minimum atomic E-state index is -0.128. The van der Waals surface area contributed by atoms with Crippen molar-refractivity contribution in [2.24, 2.45) is 0 Å². The summed E-state index contributed by atoms with van der Waals surface area (Å²) in [6.45, 7) is 2.22. The predicted octanol–water partition coefficient (Wildman–Crippen LogP) is 4.26.